The summed E-state index contributed by atoms with van der Waals surface area (Å²) in [6, 6.07) is 5.97. The molecule has 4 N–H and O–H groups in total. The third-order valence-corrected chi connectivity index (χ3v) is 7.24. The fourth-order valence-electron chi connectivity index (χ4n) is 3.80. The number of nitrogens with zero attached hydrogens (tertiary/aromatic N) is 4. The van der Waals surface area contributed by atoms with Gasteiger partial charge >= 0.3 is 13.7 Å². The molecule has 196 valence electrons. The number of carbonyl (C=O) groups excluding carboxylic acids is 1. The number of aliphatic hydroxyl groups is 1. The standard InChI is InChI=1S/C23H26FN6O6P/c1-4-34-23(32)14(3)29-37(33,36-15-8-6-5-7-9-15)35-10-16-13(2)19(17(24)20(16)31)30-12-28-18-21(25)26-11-27-22(18)30/h5-9,11-12,14,17,19,31H,2,4,10H2,1,3H3,(H,29,33)(H2,25,26,27). The Kier molecular flexibility index (Phi) is 7.58. The number of benzene rings is 1. The smallest absolute Gasteiger partial charge is 0.459 e. The molecular weight excluding hydrogens is 506 g/mol. The first-order valence-electron chi connectivity index (χ1n) is 11.3. The summed E-state index contributed by atoms with van der Waals surface area (Å²) >= 11 is 0. The van der Waals surface area contributed by atoms with Crippen molar-refractivity contribution in [3.8, 4) is 5.75 Å². The molecule has 0 radical (unpaired) electrons. The number of nitrogen functional groups attached to an aromatic ring is 1. The molecule has 4 rings (SSSR count). The number of carbonyl (C=O) groups is 1. The largest absolute Gasteiger partial charge is 0.509 e. The Labute approximate surface area is 211 Å². The molecule has 0 fully saturated rings. The molecule has 2 aromatic heterocycles. The van der Waals surface area contributed by atoms with Crippen molar-refractivity contribution >= 4 is 30.7 Å². The van der Waals surface area contributed by atoms with Gasteiger partial charge in [-0.25, -0.2) is 23.9 Å². The van der Waals surface area contributed by atoms with Gasteiger partial charge < -0.3 is 24.7 Å². The van der Waals surface area contributed by atoms with E-state index in [1.807, 2.05) is 0 Å². The molecule has 37 heavy (non-hydrogen) atoms. The maximum atomic E-state index is 15.3. The molecule has 12 nitrogen and oxygen atoms in total. The van der Waals surface area contributed by atoms with E-state index < -0.39 is 44.3 Å². The SMILES string of the molecule is C=C1C(COP(=O)(NC(C)C(=O)OCC)Oc2ccccc2)=C(O)C(F)C1n1cnc2c(N)ncnc21. The van der Waals surface area contributed by atoms with Crippen LogP contribution in [0.25, 0.3) is 11.2 Å². The molecule has 0 saturated heterocycles. The Balaban J connectivity index is 1.57. The number of fused-ring (bicyclic) bond motifs is 1. The second-order valence-electron chi connectivity index (χ2n) is 8.10. The van der Waals surface area contributed by atoms with E-state index in [1.54, 1.807) is 37.3 Å². The van der Waals surface area contributed by atoms with Crippen LogP contribution in [0.2, 0.25) is 0 Å². The van der Waals surface area contributed by atoms with E-state index in [4.69, 9.17) is 19.5 Å². The van der Waals surface area contributed by atoms with E-state index in [1.165, 1.54) is 24.1 Å². The second kappa shape index (κ2) is 10.7. The Hall–Kier alpha value is -3.80. The lowest BCUT2D eigenvalue weighted by molar-refractivity contribution is -0.144. The summed E-state index contributed by atoms with van der Waals surface area (Å²) in [6.07, 6.45) is 0.618. The van der Waals surface area contributed by atoms with Crippen LogP contribution in [-0.2, 0) is 18.6 Å². The van der Waals surface area contributed by atoms with E-state index in [0.29, 0.717) is 0 Å². The summed E-state index contributed by atoms with van der Waals surface area (Å²) in [5, 5.41) is 13.1. The summed E-state index contributed by atoms with van der Waals surface area (Å²) in [6.45, 7) is 6.56. The number of nitrogens with two attached hydrogens (primary N) is 1. The van der Waals surface area contributed by atoms with Crippen LogP contribution in [0.3, 0.4) is 0 Å². The summed E-state index contributed by atoms with van der Waals surface area (Å²) in [7, 11) is -4.24. The third-order valence-electron chi connectivity index (χ3n) is 5.62. The number of halogens is 1. The minimum atomic E-state index is -4.24. The van der Waals surface area contributed by atoms with Crippen molar-refractivity contribution in [3.63, 3.8) is 0 Å². The molecule has 0 bridgehead atoms. The van der Waals surface area contributed by atoms with E-state index >= 15 is 4.39 Å². The number of alkyl halides is 1. The molecule has 2 heterocycles. The Morgan fingerprint density at radius 2 is 2.05 bits per heavy atom. The molecule has 3 aromatic rings. The highest BCUT2D eigenvalue weighted by molar-refractivity contribution is 7.52. The van der Waals surface area contributed by atoms with Crippen molar-refractivity contribution in [1.82, 2.24) is 24.6 Å². The summed E-state index contributed by atoms with van der Waals surface area (Å²) < 4.78 is 46.4. The fraction of sp³-hybridized carbons (Fsp3) is 0.304. The molecule has 1 aliphatic rings. The first kappa shape index (κ1) is 26.3. The lowest BCUT2D eigenvalue weighted by Crippen LogP contribution is -2.35. The van der Waals surface area contributed by atoms with Gasteiger partial charge in [-0.15, -0.1) is 0 Å². The van der Waals surface area contributed by atoms with E-state index in [2.05, 4.69) is 26.6 Å². The number of imidazole rings is 1. The van der Waals surface area contributed by atoms with Crippen molar-refractivity contribution in [2.24, 2.45) is 0 Å². The quantitative estimate of drug-likeness (QED) is 0.259. The second-order valence-corrected chi connectivity index (χ2v) is 9.79. The van der Waals surface area contributed by atoms with Gasteiger partial charge in [-0.1, -0.05) is 24.8 Å². The number of allylic oxidation sites excluding steroid dienone is 1. The van der Waals surface area contributed by atoms with E-state index in [0.717, 1.165) is 0 Å². The maximum absolute atomic E-state index is 15.3. The summed E-state index contributed by atoms with van der Waals surface area (Å²) in [4.78, 5) is 24.2. The van der Waals surface area contributed by atoms with Crippen LogP contribution in [0, 0.1) is 0 Å². The van der Waals surface area contributed by atoms with Crippen molar-refractivity contribution in [2.45, 2.75) is 32.1 Å². The van der Waals surface area contributed by atoms with Crippen LogP contribution >= 0.6 is 7.75 Å². The number of hydrogen-bond donors (Lipinski definition) is 3. The first-order valence-corrected chi connectivity index (χ1v) is 12.8. The zero-order valence-electron chi connectivity index (χ0n) is 20.1. The van der Waals surface area contributed by atoms with Crippen molar-refractivity contribution in [3.05, 3.63) is 66.5 Å². The van der Waals surface area contributed by atoms with Crippen molar-refractivity contribution in [1.29, 1.82) is 0 Å². The zero-order chi connectivity index (χ0) is 26.7. The van der Waals surface area contributed by atoms with E-state index in [-0.39, 0.29) is 40.5 Å². The monoisotopic (exact) mass is 532 g/mol. The summed E-state index contributed by atoms with van der Waals surface area (Å²) in [5.41, 5.74) is 6.46. The Morgan fingerprint density at radius 3 is 2.76 bits per heavy atom. The van der Waals surface area contributed by atoms with Gasteiger partial charge in [-0.2, -0.15) is 5.09 Å². The van der Waals surface area contributed by atoms with Crippen LogP contribution < -0.4 is 15.3 Å². The number of rotatable bonds is 10. The van der Waals surface area contributed by atoms with Gasteiger partial charge in [0.25, 0.3) is 0 Å². The number of aliphatic hydroxyl groups excluding tert-OH is 1. The normalized spacial score (nSPS) is 20.1. The van der Waals surface area contributed by atoms with Crippen LogP contribution in [0.1, 0.15) is 19.9 Å². The predicted octanol–water partition coefficient (Wildman–Crippen LogP) is 3.41. The Morgan fingerprint density at radius 1 is 1.32 bits per heavy atom. The molecule has 4 unspecified atom stereocenters. The highest BCUT2D eigenvalue weighted by Gasteiger charge is 2.42. The van der Waals surface area contributed by atoms with Gasteiger partial charge in [-0.05, 0) is 31.6 Å². The number of nitrogens with one attached hydrogen (secondary N) is 1. The summed E-state index contributed by atoms with van der Waals surface area (Å²) in [5.74, 6) is -1.01. The zero-order valence-corrected chi connectivity index (χ0v) is 21.0. The molecule has 0 amide bonds. The van der Waals surface area contributed by atoms with Crippen LogP contribution in [-0.4, -0.2) is 56.0 Å². The minimum absolute atomic E-state index is 0.0242. The first-order chi connectivity index (χ1) is 17.6. The minimum Gasteiger partial charge on any atom is -0.509 e. The average molecular weight is 532 g/mol. The molecule has 1 aliphatic carbocycles. The third kappa shape index (κ3) is 5.33. The number of esters is 1. The van der Waals surface area contributed by atoms with Gasteiger partial charge in [0, 0.05) is 5.57 Å². The van der Waals surface area contributed by atoms with Crippen LogP contribution in [0.15, 0.2) is 66.5 Å². The molecule has 14 heteroatoms. The van der Waals surface area contributed by atoms with Gasteiger partial charge in [0.15, 0.2) is 17.6 Å². The number of aromatic nitrogens is 4. The van der Waals surface area contributed by atoms with E-state index in [9.17, 15) is 14.5 Å². The van der Waals surface area contributed by atoms with Gasteiger partial charge in [-0.3, -0.25) is 9.32 Å². The molecule has 1 aromatic carbocycles. The number of para-hydroxylation sites is 1. The predicted molar refractivity (Wildman–Crippen MR) is 132 cm³/mol. The highest BCUT2D eigenvalue weighted by Crippen LogP contribution is 2.48. The molecular formula is C23H26FN6O6P. The molecule has 0 aliphatic heterocycles. The highest BCUT2D eigenvalue weighted by atomic mass is 31.2. The number of hydrogen-bond acceptors (Lipinski definition) is 10. The lowest BCUT2D eigenvalue weighted by atomic mass is 10.1. The van der Waals surface area contributed by atoms with Crippen LogP contribution in [0.5, 0.6) is 5.75 Å². The topological polar surface area (TPSA) is 164 Å². The van der Waals surface area contributed by atoms with Gasteiger partial charge in [0.1, 0.15) is 35.4 Å². The average Bonchev–Trinajstić information content (AvgIpc) is 3.37. The number of ether oxygens (including phenoxy) is 1. The van der Waals surface area contributed by atoms with Gasteiger partial charge in [0.2, 0.25) is 0 Å². The van der Waals surface area contributed by atoms with Crippen LogP contribution in [0.4, 0.5) is 10.2 Å². The molecule has 4 atom stereocenters. The Bertz CT molecular complexity index is 1400. The number of anilines is 1. The fourth-order valence-corrected chi connectivity index (χ4v) is 5.26. The maximum Gasteiger partial charge on any atom is 0.459 e. The van der Waals surface area contributed by atoms with Crippen molar-refractivity contribution in [2.75, 3.05) is 18.9 Å². The lowest BCUT2D eigenvalue weighted by Gasteiger charge is -2.23. The molecule has 0 saturated carbocycles. The molecule has 0 spiro atoms. The van der Waals surface area contributed by atoms with Gasteiger partial charge in [0.05, 0.1) is 19.5 Å². The van der Waals surface area contributed by atoms with Crippen molar-refractivity contribution < 1.29 is 32.6 Å².